The number of H-pyrrole nitrogens is 1. The molecule has 0 unspecified atom stereocenters. The van der Waals surface area contributed by atoms with Gasteiger partial charge in [-0.2, -0.15) is 0 Å². The molecule has 8 nitrogen and oxygen atoms in total. The molecule has 1 aromatic rings. The van der Waals surface area contributed by atoms with E-state index in [4.69, 9.17) is 0 Å². The number of hydrogen-bond acceptors (Lipinski definition) is 4. The van der Waals surface area contributed by atoms with Gasteiger partial charge in [0.1, 0.15) is 6.54 Å². The monoisotopic (exact) mass is 266 g/mol. The van der Waals surface area contributed by atoms with Crippen molar-refractivity contribution in [3.8, 4) is 0 Å². The van der Waals surface area contributed by atoms with E-state index < -0.39 is 11.1 Å². The minimum atomic E-state index is -0.466. The third-order valence-corrected chi connectivity index (χ3v) is 2.80. The summed E-state index contributed by atoms with van der Waals surface area (Å²) in [5.41, 5.74) is -0.923. The van der Waals surface area contributed by atoms with Crippen LogP contribution in [-0.4, -0.2) is 46.1 Å². The molecule has 2 N–H and O–H groups in total. The van der Waals surface area contributed by atoms with Gasteiger partial charge in [0.25, 0.3) is 11.1 Å². The summed E-state index contributed by atoms with van der Waals surface area (Å²) in [5, 5.41) is 4.93. The molecule has 1 saturated heterocycles. The zero-order valence-corrected chi connectivity index (χ0v) is 10.2. The van der Waals surface area contributed by atoms with E-state index in [1.807, 2.05) is 0 Å². The van der Waals surface area contributed by atoms with Crippen LogP contribution in [0.4, 0.5) is 0 Å². The molecule has 0 saturated carbocycles. The van der Waals surface area contributed by atoms with Gasteiger partial charge < -0.3 is 10.2 Å². The summed E-state index contributed by atoms with van der Waals surface area (Å²) in [5.74, 6) is -0.597. The van der Waals surface area contributed by atoms with Crippen molar-refractivity contribution >= 4 is 11.8 Å². The fraction of sp³-hybridized carbons (Fsp3) is 0.455. The average Bonchev–Trinajstić information content (AvgIpc) is 2.58. The molecule has 0 atom stereocenters. The molecule has 0 aromatic carbocycles. The number of amides is 2. The molecule has 2 rings (SSSR count). The fourth-order valence-corrected chi connectivity index (χ4v) is 1.83. The molecule has 1 aromatic heterocycles. The molecule has 0 aliphatic carbocycles. The molecule has 8 heteroatoms. The van der Waals surface area contributed by atoms with Gasteiger partial charge in [-0.15, -0.1) is 0 Å². The first-order chi connectivity index (χ1) is 9.06. The summed E-state index contributed by atoms with van der Waals surface area (Å²) in [6.45, 7) is 0.682. The SMILES string of the molecule is O=C1CN(C(=O)Cn2[nH]c(=O)ccc2=O)CCCN1. The average molecular weight is 266 g/mol. The third-order valence-electron chi connectivity index (χ3n) is 2.80. The molecule has 19 heavy (non-hydrogen) atoms. The van der Waals surface area contributed by atoms with E-state index in [9.17, 15) is 19.2 Å². The van der Waals surface area contributed by atoms with Crippen LogP contribution in [0.5, 0.6) is 0 Å². The van der Waals surface area contributed by atoms with Gasteiger partial charge in [0, 0.05) is 25.2 Å². The predicted molar refractivity (Wildman–Crippen MR) is 65.5 cm³/mol. The van der Waals surface area contributed by atoms with Crippen LogP contribution >= 0.6 is 0 Å². The minimum absolute atomic E-state index is 0.0232. The summed E-state index contributed by atoms with van der Waals surface area (Å²) in [7, 11) is 0. The Hall–Kier alpha value is -2.38. The molecular weight excluding hydrogens is 252 g/mol. The Morgan fingerprint density at radius 2 is 2.05 bits per heavy atom. The van der Waals surface area contributed by atoms with Crippen LogP contribution in [0, 0.1) is 0 Å². The summed E-state index contributed by atoms with van der Waals surface area (Å²) in [6.07, 6.45) is 0.664. The minimum Gasteiger partial charge on any atom is -0.354 e. The van der Waals surface area contributed by atoms with E-state index in [1.54, 1.807) is 0 Å². The van der Waals surface area contributed by atoms with Crippen molar-refractivity contribution in [2.24, 2.45) is 0 Å². The van der Waals surface area contributed by atoms with Crippen LogP contribution in [-0.2, 0) is 16.1 Å². The molecule has 1 aliphatic rings. The summed E-state index contributed by atoms with van der Waals surface area (Å²) in [4.78, 5) is 47.3. The molecule has 1 aliphatic heterocycles. The second kappa shape index (κ2) is 5.51. The van der Waals surface area contributed by atoms with Crippen LogP contribution in [0.3, 0.4) is 0 Å². The molecule has 2 amide bonds. The topological polar surface area (TPSA) is 104 Å². The standard InChI is InChI=1S/C11H14N4O4/c16-8-2-3-10(18)15(13-8)7-11(19)14-5-1-4-12-9(17)6-14/h2-3H,1,4-7H2,(H,12,17)(H,13,16). The van der Waals surface area contributed by atoms with Crippen molar-refractivity contribution < 1.29 is 9.59 Å². The number of nitrogens with one attached hydrogen (secondary N) is 2. The van der Waals surface area contributed by atoms with Crippen molar-refractivity contribution in [1.29, 1.82) is 0 Å². The van der Waals surface area contributed by atoms with Gasteiger partial charge in [0.05, 0.1) is 6.54 Å². The first-order valence-corrected chi connectivity index (χ1v) is 5.91. The Balaban J connectivity index is 2.11. The van der Waals surface area contributed by atoms with Gasteiger partial charge in [-0.25, -0.2) is 4.68 Å². The first-order valence-electron chi connectivity index (χ1n) is 5.91. The molecule has 102 valence electrons. The predicted octanol–water partition coefficient (Wildman–Crippen LogP) is -2.11. The number of aromatic amines is 1. The second-order valence-electron chi connectivity index (χ2n) is 4.25. The summed E-state index contributed by atoms with van der Waals surface area (Å²) < 4.78 is 0.938. The Labute approximate surface area is 108 Å². The van der Waals surface area contributed by atoms with Gasteiger partial charge in [-0.3, -0.25) is 24.3 Å². The normalized spacial score (nSPS) is 15.8. The van der Waals surface area contributed by atoms with Crippen molar-refractivity contribution in [2.45, 2.75) is 13.0 Å². The smallest absolute Gasteiger partial charge is 0.265 e. The lowest BCUT2D eigenvalue weighted by Gasteiger charge is -2.19. The van der Waals surface area contributed by atoms with Crippen LogP contribution in [0.2, 0.25) is 0 Å². The maximum atomic E-state index is 12.0. The van der Waals surface area contributed by atoms with Crippen molar-refractivity contribution in [3.05, 3.63) is 32.8 Å². The Morgan fingerprint density at radius 3 is 2.84 bits per heavy atom. The van der Waals surface area contributed by atoms with Crippen LogP contribution in [0.25, 0.3) is 0 Å². The van der Waals surface area contributed by atoms with Gasteiger partial charge in [-0.05, 0) is 6.42 Å². The van der Waals surface area contributed by atoms with E-state index >= 15 is 0 Å². The number of carbonyl (C=O) groups is 2. The van der Waals surface area contributed by atoms with Gasteiger partial charge in [-0.1, -0.05) is 0 Å². The Bertz CT molecular complexity index is 603. The van der Waals surface area contributed by atoms with Gasteiger partial charge >= 0.3 is 0 Å². The third kappa shape index (κ3) is 3.30. The first kappa shape index (κ1) is 13.1. The molecule has 0 bridgehead atoms. The van der Waals surface area contributed by atoms with E-state index in [-0.39, 0.29) is 24.9 Å². The number of carbonyl (C=O) groups excluding carboxylic acids is 2. The van der Waals surface area contributed by atoms with Crippen molar-refractivity contribution in [1.82, 2.24) is 20.0 Å². The number of aromatic nitrogens is 2. The highest BCUT2D eigenvalue weighted by Crippen LogP contribution is 1.98. The zero-order chi connectivity index (χ0) is 13.8. The highest BCUT2D eigenvalue weighted by Gasteiger charge is 2.20. The Kier molecular flexibility index (Phi) is 3.79. The molecule has 1 fully saturated rings. The maximum absolute atomic E-state index is 12.0. The van der Waals surface area contributed by atoms with Gasteiger partial charge in [0.15, 0.2) is 0 Å². The quantitative estimate of drug-likeness (QED) is 0.639. The highest BCUT2D eigenvalue weighted by atomic mass is 16.2. The summed E-state index contributed by atoms with van der Waals surface area (Å²) >= 11 is 0. The molecule has 2 heterocycles. The van der Waals surface area contributed by atoms with E-state index in [0.717, 1.165) is 16.8 Å². The molecule has 0 radical (unpaired) electrons. The highest BCUT2D eigenvalue weighted by molar-refractivity contribution is 5.85. The van der Waals surface area contributed by atoms with Crippen molar-refractivity contribution in [2.75, 3.05) is 19.6 Å². The molecule has 0 spiro atoms. The van der Waals surface area contributed by atoms with E-state index in [1.165, 1.54) is 4.90 Å². The van der Waals surface area contributed by atoms with Crippen LogP contribution < -0.4 is 16.4 Å². The lowest BCUT2D eigenvalue weighted by Crippen LogP contribution is -2.41. The fourth-order valence-electron chi connectivity index (χ4n) is 1.83. The summed E-state index contributed by atoms with van der Waals surface area (Å²) in [6, 6.07) is 2.20. The second-order valence-corrected chi connectivity index (χ2v) is 4.25. The maximum Gasteiger partial charge on any atom is 0.265 e. The van der Waals surface area contributed by atoms with E-state index in [0.29, 0.717) is 19.5 Å². The Morgan fingerprint density at radius 1 is 1.26 bits per heavy atom. The number of nitrogens with zero attached hydrogens (tertiary/aromatic N) is 2. The lowest BCUT2D eigenvalue weighted by atomic mass is 10.4. The lowest BCUT2D eigenvalue weighted by molar-refractivity contribution is -0.135. The zero-order valence-electron chi connectivity index (χ0n) is 10.2. The number of hydrogen-bond donors (Lipinski definition) is 2. The van der Waals surface area contributed by atoms with Crippen molar-refractivity contribution in [3.63, 3.8) is 0 Å². The van der Waals surface area contributed by atoms with Gasteiger partial charge in [0.2, 0.25) is 11.8 Å². The molecular formula is C11H14N4O4. The largest absolute Gasteiger partial charge is 0.354 e. The number of rotatable bonds is 2. The van der Waals surface area contributed by atoms with E-state index in [2.05, 4.69) is 10.4 Å². The van der Waals surface area contributed by atoms with Crippen LogP contribution in [0.1, 0.15) is 6.42 Å². The van der Waals surface area contributed by atoms with Crippen LogP contribution in [0.15, 0.2) is 21.7 Å².